The monoisotopic (exact) mass is 182 g/mol. The lowest BCUT2D eigenvalue weighted by Gasteiger charge is -2.03. The zero-order chi connectivity index (χ0) is 9.80. The first-order valence-corrected chi connectivity index (χ1v) is 4.50. The number of anilines is 1. The van der Waals surface area contributed by atoms with Gasteiger partial charge >= 0.3 is 0 Å². The van der Waals surface area contributed by atoms with Crippen molar-refractivity contribution in [2.75, 3.05) is 11.9 Å². The van der Waals surface area contributed by atoms with Gasteiger partial charge in [-0.15, -0.1) is 0 Å². The van der Waals surface area contributed by atoms with Gasteiger partial charge in [0.1, 0.15) is 6.54 Å². The number of nitriles is 1. The normalized spacial score (nSPS) is 9.64. The molecule has 0 spiro atoms. The molecule has 0 atom stereocenters. The average Bonchev–Trinajstić information content (AvgIpc) is 2.26. The minimum absolute atomic E-state index is 0.346. The van der Waals surface area contributed by atoms with E-state index in [2.05, 4.69) is 29.6 Å². The standard InChI is InChI=1S/C12H10N2/c13-7-8-14-12-6-5-10-3-1-2-4-11(10)9-12/h1-6,9,14H,8H2. The fraction of sp³-hybridized carbons (Fsp3) is 0.0833. The number of nitrogens with one attached hydrogen (secondary N) is 1. The van der Waals surface area contributed by atoms with Crippen LogP contribution in [0.1, 0.15) is 0 Å². The molecule has 1 N–H and O–H groups in total. The smallest absolute Gasteiger partial charge is 0.103 e. The molecule has 2 rings (SSSR count). The van der Waals surface area contributed by atoms with Crippen LogP contribution in [0.3, 0.4) is 0 Å². The lowest BCUT2D eigenvalue weighted by atomic mass is 10.1. The number of nitrogens with zero attached hydrogens (tertiary/aromatic N) is 1. The Labute approximate surface area is 82.8 Å². The van der Waals surface area contributed by atoms with E-state index in [0.29, 0.717) is 6.54 Å². The van der Waals surface area contributed by atoms with E-state index in [0.717, 1.165) is 5.69 Å². The highest BCUT2D eigenvalue weighted by molar-refractivity contribution is 5.85. The van der Waals surface area contributed by atoms with Gasteiger partial charge in [0.15, 0.2) is 0 Å². The van der Waals surface area contributed by atoms with Gasteiger partial charge in [0.05, 0.1) is 6.07 Å². The highest BCUT2D eigenvalue weighted by Gasteiger charge is 1.93. The minimum Gasteiger partial charge on any atom is -0.372 e. The van der Waals surface area contributed by atoms with E-state index in [9.17, 15) is 0 Å². The Morgan fingerprint density at radius 2 is 1.86 bits per heavy atom. The van der Waals surface area contributed by atoms with Crippen LogP contribution in [0.5, 0.6) is 0 Å². The van der Waals surface area contributed by atoms with Crippen LogP contribution < -0.4 is 5.32 Å². The van der Waals surface area contributed by atoms with Crippen LogP contribution in [0, 0.1) is 11.3 Å². The maximum Gasteiger partial charge on any atom is 0.103 e. The van der Waals surface area contributed by atoms with Gasteiger partial charge in [-0.2, -0.15) is 5.26 Å². The van der Waals surface area contributed by atoms with Crippen LogP contribution in [-0.2, 0) is 0 Å². The molecule has 0 aliphatic rings. The molecule has 68 valence electrons. The molecular weight excluding hydrogens is 172 g/mol. The van der Waals surface area contributed by atoms with Crippen molar-refractivity contribution < 1.29 is 0 Å². The Bertz CT molecular complexity index is 483. The second-order valence-corrected chi connectivity index (χ2v) is 3.07. The lowest BCUT2D eigenvalue weighted by Crippen LogP contribution is -1.97. The lowest BCUT2D eigenvalue weighted by molar-refractivity contribution is 1.32. The van der Waals surface area contributed by atoms with Crippen molar-refractivity contribution in [3.63, 3.8) is 0 Å². The van der Waals surface area contributed by atoms with E-state index in [4.69, 9.17) is 5.26 Å². The van der Waals surface area contributed by atoms with E-state index >= 15 is 0 Å². The highest BCUT2D eigenvalue weighted by atomic mass is 14.9. The van der Waals surface area contributed by atoms with E-state index in [-0.39, 0.29) is 0 Å². The molecule has 0 saturated heterocycles. The summed E-state index contributed by atoms with van der Waals surface area (Å²) >= 11 is 0. The molecule has 2 heteroatoms. The Balaban J connectivity index is 2.37. The Kier molecular flexibility index (Phi) is 2.33. The summed E-state index contributed by atoms with van der Waals surface area (Å²) in [6.45, 7) is 0.346. The topological polar surface area (TPSA) is 35.8 Å². The third-order valence-electron chi connectivity index (χ3n) is 2.12. The fourth-order valence-corrected chi connectivity index (χ4v) is 1.44. The molecule has 14 heavy (non-hydrogen) atoms. The molecule has 0 aliphatic carbocycles. The molecule has 0 heterocycles. The Morgan fingerprint density at radius 3 is 2.64 bits per heavy atom. The summed E-state index contributed by atoms with van der Waals surface area (Å²) in [6.07, 6.45) is 0. The summed E-state index contributed by atoms with van der Waals surface area (Å²) in [6, 6.07) is 16.3. The van der Waals surface area contributed by atoms with Crippen LogP contribution in [0.15, 0.2) is 42.5 Å². The quantitative estimate of drug-likeness (QED) is 0.725. The fourth-order valence-electron chi connectivity index (χ4n) is 1.44. The predicted octanol–water partition coefficient (Wildman–Crippen LogP) is 2.78. The van der Waals surface area contributed by atoms with Crippen LogP contribution in [-0.4, -0.2) is 6.54 Å². The molecular formula is C12H10N2. The summed E-state index contributed by atoms with van der Waals surface area (Å²) in [5.74, 6) is 0. The van der Waals surface area contributed by atoms with Crippen LogP contribution in [0.4, 0.5) is 5.69 Å². The Hall–Kier alpha value is -2.01. The van der Waals surface area contributed by atoms with Gasteiger partial charge in [-0.3, -0.25) is 0 Å². The van der Waals surface area contributed by atoms with Crippen molar-refractivity contribution in [1.82, 2.24) is 0 Å². The van der Waals surface area contributed by atoms with Crippen molar-refractivity contribution >= 4 is 16.5 Å². The van der Waals surface area contributed by atoms with Crippen molar-refractivity contribution in [1.29, 1.82) is 5.26 Å². The van der Waals surface area contributed by atoms with Gasteiger partial charge in [-0.1, -0.05) is 30.3 Å². The van der Waals surface area contributed by atoms with E-state index in [1.807, 2.05) is 24.3 Å². The van der Waals surface area contributed by atoms with Crippen LogP contribution in [0.25, 0.3) is 10.8 Å². The molecule has 0 radical (unpaired) electrons. The SMILES string of the molecule is N#CCNc1ccc2ccccc2c1. The zero-order valence-electron chi connectivity index (χ0n) is 7.70. The van der Waals surface area contributed by atoms with Crippen LogP contribution in [0.2, 0.25) is 0 Å². The second-order valence-electron chi connectivity index (χ2n) is 3.07. The molecule has 0 fully saturated rings. The molecule has 2 nitrogen and oxygen atoms in total. The third kappa shape index (κ3) is 1.67. The molecule has 0 aliphatic heterocycles. The van der Waals surface area contributed by atoms with E-state index < -0.39 is 0 Å². The first-order valence-electron chi connectivity index (χ1n) is 4.50. The zero-order valence-corrected chi connectivity index (χ0v) is 7.70. The van der Waals surface area contributed by atoms with Crippen molar-refractivity contribution in [3.05, 3.63) is 42.5 Å². The van der Waals surface area contributed by atoms with Crippen molar-refractivity contribution in [2.24, 2.45) is 0 Å². The van der Waals surface area contributed by atoms with Gasteiger partial charge in [0.2, 0.25) is 0 Å². The molecule has 2 aromatic rings. The summed E-state index contributed by atoms with van der Waals surface area (Å²) in [7, 11) is 0. The summed E-state index contributed by atoms with van der Waals surface area (Å²) in [5, 5.41) is 13.9. The number of hydrogen-bond donors (Lipinski definition) is 1. The average molecular weight is 182 g/mol. The van der Waals surface area contributed by atoms with E-state index in [1.54, 1.807) is 0 Å². The Morgan fingerprint density at radius 1 is 1.07 bits per heavy atom. The minimum atomic E-state index is 0.346. The van der Waals surface area contributed by atoms with E-state index in [1.165, 1.54) is 10.8 Å². The first-order chi connectivity index (χ1) is 6.90. The second kappa shape index (κ2) is 3.80. The number of fused-ring (bicyclic) bond motifs is 1. The van der Waals surface area contributed by atoms with Gasteiger partial charge < -0.3 is 5.32 Å². The summed E-state index contributed by atoms with van der Waals surface area (Å²) < 4.78 is 0. The number of benzene rings is 2. The van der Waals surface area contributed by atoms with Gasteiger partial charge in [-0.25, -0.2) is 0 Å². The molecule has 0 aromatic heterocycles. The first kappa shape index (κ1) is 8.58. The molecule has 2 aromatic carbocycles. The maximum atomic E-state index is 8.43. The maximum absolute atomic E-state index is 8.43. The van der Waals surface area contributed by atoms with Gasteiger partial charge in [0.25, 0.3) is 0 Å². The molecule has 0 bridgehead atoms. The van der Waals surface area contributed by atoms with Crippen molar-refractivity contribution in [2.45, 2.75) is 0 Å². The summed E-state index contributed by atoms with van der Waals surface area (Å²) in [5.41, 5.74) is 0.991. The highest BCUT2D eigenvalue weighted by Crippen LogP contribution is 2.18. The number of hydrogen-bond acceptors (Lipinski definition) is 2. The van der Waals surface area contributed by atoms with Crippen LogP contribution >= 0.6 is 0 Å². The molecule has 0 saturated carbocycles. The van der Waals surface area contributed by atoms with Gasteiger partial charge in [0, 0.05) is 5.69 Å². The summed E-state index contributed by atoms with van der Waals surface area (Å²) in [4.78, 5) is 0. The van der Waals surface area contributed by atoms with Gasteiger partial charge in [-0.05, 0) is 22.9 Å². The largest absolute Gasteiger partial charge is 0.372 e. The molecule has 0 unspecified atom stereocenters. The predicted molar refractivity (Wildman–Crippen MR) is 58.1 cm³/mol. The van der Waals surface area contributed by atoms with Crippen molar-refractivity contribution in [3.8, 4) is 6.07 Å². The molecule has 0 amide bonds. The number of rotatable bonds is 2. The third-order valence-corrected chi connectivity index (χ3v) is 2.12.